The molecule has 0 amide bonds. The third-order valence-electron chi connectivity index (χ3n) is 2.73. The zero-order valence-electron chi connectivity index (χ0n) is 11.2. The Balaban J connectivity index is 2.85. The molecule has 5 nitrogen and oxygen atoms in total. The molecule has 0 atom stereocenters. The summed E-state index contributed by atoms with van der Waals surface area (Å²) in [5.74, 6) is 0.595. The van der Waals surface area contributed by atoms with Crippen LogP contribution in [0.15, 0.2) is 0 Å². The first-order valence-corrected chi connectivity index (χ1v) is 6.23. The predicted molar refractivity (Wildman–Crippen MR) is 70.0 cm³/mol. The summed E-state index contributed by atoms with van der Waals surface area (Å²) in [4.78, 5) is 4.50. The second-order valence-corrected chi connectivity index (χ2v) is 4.78. The summed E-state index contributed by atoms with van der Waals surface area (Å²) in [6, 6.07) is 0. The summed E-state index contributed by atoms with van der Waals surface area (Å²) in [7, 11) is 0. The largest absolute Gasteiger partial charge is 0.348 e. The van der Waals surface area contributed by atoms with Crippen molar-refractivity contribution in [3.8, 4) is 0 Å². The van der Waals surface area contributed by atoms with E-state index in [1.165, 1.54) is 0 Å². The fourth-order valence-corrected chi connectivity index (χ4v) is 1.72. The zero-order valence-corrected chi connectivity index (χ0v) is 11.2. The summed E-state index contributed by atoms with van der Waals surface area (Å²) in [6.07, 6.45) is 2.62. The van der Waals surface area contributed by atoms with Crippen LogP contribution in [-0.4, -0.2) is 27.3 Å². The van der Waals surface area contributed by atoms with Crippen LogP contribution in [0.3, 0.4) is 0 Å². The lowest BCUT2D eigenvalue weighted by atomic mass is 10.0. The van der Waals surface area contributed by atoms with Crippen molar-refractivity contribution in [3.63, 3.8) is 0 Å². The van der Waals surface area contributed by atoms with Crippen LogP contribution >= 0.6 is 0 Å². The standard InChI is InChI=1S/C12H23N5/c1-5-9-10(6-2)16-17-11(14-9)15-12(3,4)7-8-13/h5-8,13H2,1-4H3,(H,14,15,17). The molecule has 0 aromatic carbocycles. The van der Waals surface area contributed by atoms with Gasteiger partial charge in [0.05, 0.1) is 11.4 Å². The number of aromatic nitrogens is 3. The summed E-state index contributed by atoms with van der Waals surface area (Å²) >= 11 is 0. The molecule has 0 unspecified atom stereocenters. The van der Waals surface area contributed by atoms with Gasteiger partial charge in [-0.05, 0) is 39.7 Å². The number of nitrogens with zero attached hydrogens (tertiary/aromatic N) is 3. The van der Waals surface area contributed by atoms with Crippen LogP contribution < -0.4 is 11.1 Å². The van der Waals surface area contributed by atoms with Gasteiger partial charge in [-0.1, -0.05) is 13.8 Å². The Morgan fingerprint density at radius 1 is 1.12 bits per heavy atom. The van der Waals surface area contributed by atoms with Crippen molar-refractivity contribution < 1.29 is 0 Å². The molecule has 0 saturated carbocycles. The van der Waals surface area contributed by atoms with Crippen LogP contribution in [0.1, 0.15) is 45.5 Å². The topological polar surface area (TPSA) is 76.7 Å². The first kappa shape index (κ1) is 13.8. The maximum atomic E-state index is 5.57. The molecular weight excluding hydrogens is 214 g/mol. The van der Waals surface area contributed by atoms with Gasteiger partial charge in [0.1, 0.15) is 0 Å². The Kier molecular flexibility index (Phi) is 4.81. The van der Waals surface area contributed by atoms with Gasteiger partial charge in [0.25, 0.3) is 0 Å². The SMILES string of the molecule is CCc1nnc(NC(C)(C)CCN)nc1CC. The van der Waals surface area contributed by atoms with Crippen LogP contribution in [0, 0.1) is 0 Å². The predicted octanol–water partition coefficient (Wildman–Crippen LogP) is 1.54. The third-order valence-corrected chi connectivity index (χ3v) is 2.73. The Morgan fingerprint density at radius 3 is 2.29 bits per heavy atom. The van der Waals surface area contributed by atoms with Crippen LogP contribution in [0.25, 0.3) is 0 Å². The lowest BCUT2D eigenvalue weighted by molar-refractivity contribution is 0.519. The van der Waals surface area contributed by atoms with E-state index in [2.05, 4.69) is 48.2 Å². The molecule has 0 aliphatic heterocycles. The lowest BCUT2D eigenvalue weighted by Crippen LogP contribution is -2.34. The minimum atomic E-state index is -0.102. The number of rotatable bonds is 6. The Hall–Kier alpha value is -1.23. The van der Waals surface area contributed by atoms with E-state index in [9.17, 15) is 0 Å². The Labute approximate surface area is 103 Å². The van der Waals surface area contributed by atoms with Crippen molar-refractivity contribution in [2.75, 3.05) is 11.9 Å². The minimum Gasteiger partial charge on any atom is -0.348 e. The average Bonchev–Trinajstić information content (AvgIpc) is 2.28. The van der Waals surface area contributed by atoms with Gasteiger partial charge in [-0.3, -0.25) is 0 Å². The quantitative estimate of drug-likeness (QED) is 0.784. The number of nitrogens with one attached hydrogen (secondary N) is 1. The van der Waals surface area contributed by atoms with Gasteiger partial charge in [-0.25, -0.2) is 4.98 Å². The molecule has 0 fully saturated rings. The molecule has 0 aliphatic rings. The number of aryl methyl sites for hydroxylation is 2. The number of hydrogen-bond acceptors (Lipinski definition) is 5. The van der Waals surface area contributed by atoms with E-state index < -0.39 is 0 Å². The van der Waals surface area contributed by atoms with E-state index in [0.29, 0.717) is 12.5 Å². The molecule has 0 bridgehead atoms. The van der Waals surface area contributed by atoms with E-state index in [0.717, 1.165) is 30.7 Å². The van der Waals surface area contributed by atoms with Crippen molar-refractivity contribution in [3.05, 3.63) is 11.4 Å². The van der Waals surface area contributed by atoms with Gasteiger partial charge in [0.15, 0.2) is 0 Å². The summed E-state index contributed by atoms with van der Waals surface area (Å²) < 4.78 is 0. The monoisotopic (exact) mass is 237 g/mol. The smallest absolute Gasteiger partial charge is 0.243 e. The molecule has 5 heteroatoms. The van der Waals surface area contributed by atoms with Gasteiger partial charge in [-0.2, -0.15) is 5.10 Å². The molecule has 1 heterocycles. The van der Waals surface area contributed by atoms with E-state index in [4.69, 9.17) is 5.73 Å². The highest BCUT2D eigenvalue weighted by molar-refractivity contribution is 5.29. The molecule has 1 rings (SSSR count). The highest BCUT2D eigenvalue weighted by Crippen LogP contribution is 2.15. The maximum Gasteiger partial charge on any atom is 0.243 e. The molecule has 0 saturated heterocycles. The van der Waals surface area contributed by atoms with E-state index in [-0.39, 0.29) is 5.54 Å². The van der Waals surface area contributed by atoms with E-state index in [1.807, 2.05) is 0 Å². The highest BCUT2D eigenvalue weighted by Gasteiger charge is 2.18. The zero-order chi connectivity index (χ0) is 12.9. The van der Waals surface area contributed by atoms with Gasteiger partial charge in [-0.15, -0.1) is 5.10 Å². The highest BCUT2D eigenvalue weighted by atomic mass is 15.3. The third kappa shape index (κ3) is 3.93. The number of anilines is 1. The van der Waals surface area contributed by atoms with Crippen molar-refractivity contribution in [2.45, 2.75) is 52.5 Å². The lowest BCUT2D eigenvalue weighted by Gasteiger charge is -2.25. The minimum absolute atomic E-state index is 0.102. The van der Waals surface area contributed by atoms with Crippen molar-refractivity contribution >= 4 is 5.95 Å². The summed E-state index contributed by atoms with van der Waals surface area (Å²) in [5.41, 5.74) is 7.47. The molecule has 96 valence electrons. The first-order valence-electron chi connectivity index (χ1n) is 6.23. The van der Waals surface area contributed by atoms with Gasteiger partial charge < -0.3 is 11.1 Å². The molecule has 3 N–H and O–H groups in total. The van der Waals surface area contributed by atoms with Crippen LogP contribution in [0.5, 0.6) is 0 Å². The average molecular weight is 237 g/mol. The van der Waals surface area contributed by atoms with E-state index in [1.54, 1.807) is 0 Å². The molecular formula is C12H23N5. The molecule has 1 aromatic rings. The normalized spacial score (nSPS) is 11.6. The van der Waals surface area contributed by atoms with Crippen molar-refractivity contribution in [1.82, 2.24) is 15.2 Å². The van der Waals surface area contributed by atoms with Gasteiger partial charge in [0, 0.05) is 5.54 Å². The van der Waals surface area contributed by atoms with Gasteiger partial charge >= 0.3 is 0 Å². The van der Waals surface area contributed by atoms with Crippen molar-refractivity contribution in [2.24, 2.45) is 5.73 Å². The first-order chi connectivity index (χ1) is 8.02. The molecule has 0 aliphatic carbocycles. The van der Waals surface area contributed by atoms with Crippen molar-refractivity contribution in [1.29, 1.82) is 0 Å². The van der Waals surface area contributed by atoms with E-state index >= 15 is 0 Å². The molecule has 0 radical (unpaired) electrons. The molecule has 0 spiro atoms. The number of nitrogens with two attached hydrogens (primary N) is 1. The van der Waals surface area contributed by atoms with Crippen LogP contribution in [0.4, 0.5) is 5.95 Å². The van der Waals surface area contributed by atoms with Crippen LogP contribution in [-0.2, 0) is 12.8 Å². The van der Waals surface area contributed by atoms with Gasteiger partial charge in [0.2, 0.25) is 5.95 Å². The summed E-state index contributed by atoms with van der Waals surface area (Å²) in [6.45, 7) is 8.96. The Bertz CT molecular complexity index is 362. The summed E-state index contributed by atoms with van der Waals surface area (Å²) in [5, 5.41) is 11.6. The second kappa shape index (κ2) is 5.91. The second-order valence-electron chi connectivity index (χ2n) is 4.78. The fourth-order valence-electron chi connectivity index (χ4n) is 1.72. The Morgan fingerprint density at radius 2 is 1.76 bits per heavy atom. The number of hydrogen-bond donors (Lipinski definition) is 2. The molecule has 17 heavy (non-hydrogen) atoms. The fraction of sp³-hybridized carbons (Fsp3) is 0.750. The van der Waals surface area contributed by atoms with Crippen LogP contribution in [0.2, 0.25) is 0 Å². The maximum absolute atomic E-state index is 5.57. The molecule has 1 aromatic heterocycles.